The first kappa shape index (κ1) is 10.5. The molecule has 0 aromatic heterocycles. The van der Waals surface area contributed by atoms with E-state index in [0.29, 0.717) is 0 Å². The van der Waals surface area contributed by atoms with Crippen molar-refractivity contribution in [2.75, 3.05) is 0 Å². The summed E-state index contributed by atoms with van der Waals surface area (Å²) < 4.78 is -1.97. The topological polar surface area (TPSA) is 52.9 Å². The summed E-state index contributed by atoms with van der Waals surface area (Å²) >= 11 is 10.6. The van der Waals surface area contributed by atoms with Crippen LogP contribution in [0.2, 0.25) is 0 Å². The average Bonchev–Trinajstić information content (AvgIpc) is 1.86. The van der Waals surface area contributed by atoms with E-state index in [0.717, 1.165) is 0 Å². The second-order valence-electron chi connectivity index (χ2n) is 2.31. The molecule has 0 aromatic carbocycles. The van der Waals surface area contributed by atoms with Crippen molar-refractivity contribution < 1.29 is 4.79 Å². The lowest BCUT2D eigenvalue weighted by molar-refractivity contribution is -0.121. The molecule has 0 fully saturated rings. The maximum Gasteiger partial charge on any atom is 0.281 e. The third-order valence-corrected chi connectivity index (χ3v) is 1.36. The van der Waals surface area contributed by atoms with Crippen molar-refractivity contribution in [3.05, 3.63) is 0 Å². The van der Waals surface area contributed by atoms with Crippen molar-refractivity contribution >= 4 is 29.1 Å². The number of alkyl halides is 2. The first-order valence-corrected chi connectivity index (χ1v) is 3.76. The normalized spacial score (nSPS) is 10.9. The van der Waals surface area contributed by atoms with Gasteiger partial charge in [-0.05, 0) is 13.8 Å². The summed E-state index contributed by atoms with van der Waals surface area (Å²) in [5.41, 5.74) is 0. The molecule has 0 heterocycles. The largest absolute Gasteiger partial charge is 0.350 e. The van der Waals surface area contributed by atoms with Crippen molar-refractivity contribution in [2.45, 2.75) is 24.2 Å². The molecule has 0 rings (SSSR count). The predicted molar refractivity (Wildman–Crippen MR) is 43.3 cm³/mol. The Labute approximate surface area is 75.3 Å². The number of hydrogen-bond donors (Lipinski definition) is 1. The number of amides is 1. The predicted octanol–water partition coefficient (Wildman–Crippen LogP) is 1.21. The van der Waals surface area contributed by atoms with E-state index in [9.17, 15) is 4.79 Å². The Morgan fingerprint density at radius 1 is 1.64 bits per heavy atom. The van der Waals surface area contributed by atoms with Gasteiger partial charge in [-0.1, -0.05) is 23.2 Å². The summed E-state index contributed by atoms with van der Waals surface area (Å²) in [4.78, 5) is 10.9. The highest BCUT2D eigenvalue weighted by Crippen LogP contribution is 2.19. The molecule has 0 saturated heterocycles. The molecule has 0 aromatic rings. The second kappa shape index (κ2) is 3.80. The smallest absolute Gasteiger partial charge is 0.281 e. The van der Waals surface area contributed by atoms with Crippen LogP contribution in [-0.2, 0) is 4.79 Å². The van der Waals surface area contributed by atoms with Crippen molar-refractivity contribution in [1.29, 1.82) is 5.26 Å². The fourth-order valence-corrected chi connectivity index (χ4v) is 0.513. The van der Waals surface area contributed by atoms with Gasteiger partial charge in [-0.15, -0.1) is 0 Å². The number of carbonyl (C=O) groups excluding carboxylic acids is 1. The first-order valence-electron chi connectivity index (χ1n) is 3.00. The van der Waals surface area contributed by atoms with E-state index in [4.69, 9.17) is 28.5 Å². The SMILES string of the molecule is CC(C)NC(=O)C(Cl)(Cl)C#N. The molecule has 0 aliphatic carbocycles. The molecule has 3 nitrogen and oxygen atoms in total. The highest BCUT2D eigenvalue weighted by Gasteiger charge is 2.33. The Bertz CT molecular complexity index is 195. The molecule has 0 unspecified atom stereocenters. The minimum atomic E-state index is -1.97. The van der Waals surface area contributed by atoms with Crippen molar-refractivity contribution in [3.63, 3.8) is 0 Å². The van der Waals surface area contributed by atoms with Gasteiger partial charge in [0, 0.05) is 6.04 Å². The summed E-state index contributed by atoms with van der Waals surface area (Å²) in [6.45, 7) is 3.50. The fourth-order valence-electron chi connectivity index (χ4n) is 0.404. The van der Waals surface area contributed by atoms with Gasteiger partial charge in [-0.3, -0.25) is 4.79 Å². The summed E-state index contributed by atoms with van der Waals surface area (Å²) in [7, 11) is 0. The van der Waals surface area contributed by atoms with Gasteiger partial charge in [-0.2, -0.15) is 5.26 Å². The van der Waals surface area contributed by atoms with Gasteiger partial charge in [0.1, 0.15) is 6.07 Å². The lowest BCUT2D eigenvalue weighted by Crippen LogP contribution is -2.41. The van der Waals surface area contributed by atoms with Crippen LogP contribution < -0.4 is 5.32 Å². The molecule has 1 amide bonds. The number of nitrogens with zero attached hydrogens (tertiary/aromatic N) is 1. The Balaban J connectivity index is 4.17. The van der Waals surface area contributed by atoms with Crippen molar-refractivity contribution in [2.24, 2.45) is 0 Å². The molecule has 0 aliphatic heterocycles. The number of halogens is 2. The Kier molecular flexibility index (Phi) is 3.64. The minimum Gasteiger partial charge on any atom is -0.350 e. The molecule has 0 bridgehead atoms. The molecule has 1 N–H and O–H groups in total. The first-order chi connectivity index (χ1) is 4.90. The number of rotatable bonds is 2. The summed E-state index contributed by atoms with van der Waals surface area (Å²) in [6.07, 6.45) is 0. The number of hydrogen-bond acceptors (Lipinski definition) is 2. The lowest BCUT2D eigenvalue weighted by atomic mass is 10.3. The van der Waals surface area contributed by atoms with E-state index >= 15 is 0 Å². The second-order valence-corrected chi connectivity index (χ2v) is 3.64. The van der Waals surface area contributed by atoms with Gasteiger partial charge in [0.25, 0.3) is 10.2 Å². The van der Waals surface area contributed by atoms with Crippen LogP contribution in [0.1, 0.15) is 13.8 Å². The van der Waals surface area contributed by atoms with Crippen molar-refractivity contribution in [1.82, 2.24) is 5.32 Å². The molecule has 62 valence electrons. The number of nitrogens with one attached hydrogen (secondary N) is 1. The van der Waals surface area contributed by atoms with Gasteiger partial charge in [-0.25, -0.2) is 0 Å². The summed E-state index contributed by atoms with van der Waals surface area (Å²) in [6, 6.07) is 1.39. The van der Waals surface area contributed by atoms with Crippen molar-refractivity contribution in [3.8, 4) is 6.07 Å². The molecular weight excluding hydrogens is 187 g/mol. The molecule has 5 heteroatoms. The molecule has 0 atom stereocenters. The highest BCUT2D eigenvalue weighted by atomic mass is 35.5. The Morgan fingerprint density at radius 3 is 2.36 bits per heavy atom. The average molecular weight is 195 g/mol. The van der Waals surface area contributed by atoms with E-state index < -0.39 is 10.2 Å². The van der Waals surface area contributed by atoms with Gasteiger partial charge < -0.3 is 5.32 Å². The van der Waals surface area contributed by atoms with Gasteiger partial charge >= 0.3 is 0 Å². The van der Waals surface area contributed by atoms with Crippen LogP contribution in [0.3, 0.4) is 0 Å². The Hall–Kier alpha value is -0.460. The van der Waals surface area contributed by atoms with E-state index in [1.165, 1.54) is 6.07 Å². The maximum absolute atomic E-state index is 10.9. The van der Waals surface area contributed by atoms with Gasteiger partial charge in [0.2, 0.25) is 0 Å². The zero-order valence-corrected chi connectivity index (χ0v) is 7.70. The van der Waals surface area contributed by atoms with Crippen LogP contribution in [0, 0.1) is 11.3 Å². The van der Waals surface area contributed by atoms with Gasteiger partial charge in [0.15, 0.2) is 0 Å². The van der Waals surface area contributed by atoms with Gasteiger partial charge in [0.05, 0.1) is 0 Å². The summed E-state index contributed by atoms with van der Waals surface area (Å²) in [5.74, 6) is -0.682. The monoisotopic (exact) mass is 194 g/mol. The van der Waals surface area contributed by atoms with Crippen LogP contribution in [-0.4, -0.2) is 16.3 Å². The van der Waals surface area contributed by atoms with Crippen LogP contribution in [0.15, 0.2) is 0 Å². The minimum absolute atomic E-state index is 0.0762. The van der Waals surface area contributed by atoms with E-state index in [-0.39, 0.29) is 6.04 Å². The van der Waals surface area contributed by atoms with Crippen LogP contribution >= 0.6 is 23.2 Å². The maximum atomic E-state index is 10.9. The molecule has 0 spiro atoms. The lowest BCUT2D eigenvalue weighted by Gasteiger charge is -2.12. The molecule has 0 aliphatic rings. The fraction of sp³-hybridized carbons (Fsp3) is 0.667. The third-order valence-electron chi connectivity index (χ3n) is 0.845. The third kappa shape index (κ3) is 3.45. The van der Waals surface area contributed by atoms with E-state index in [2.05, 4.69) is 5.32 Å². The molecular formula is C6H8Cl2N2O. The molecule has 11 heavy (non-hydrogen) atoms. The zero-order valence-electron chi connectivity index (χ0n) is 6.19. The standard InChI is InChI=1S/C6H8Cl2N2O/c1-4(2)10-5(11)6(7,8)3-9/h4H,1-2H3,(H,10,11). The van der Waals surface area contributed by atoms with Crippen LogP contribution in [0.25, 0.3) is 0 Å². The summed E-state index contributed by atoms with van der Waals surface area (Å²) in [5, 5.41) is 10.7. The number of carbonyl (C=O) groups is 1. The molecule has 0 radical (unpaired) electrons. The number of nitriles is 1. The molecule has 0 saturated carbocycles. The van der Waals surface area contributed by atoms with Crippen LogP contribution in [0.4, 0.5) is 0 Å². The zero-order chi connectivity index (χ0) is 9.07. The quantitative estimate of drug-likeness (QED) is 0.673. The van der Waals surface area contributed by atoms with E-state index in [1.54, 1.807) is 13.8 Å². The van der Waals surface area contributed by atoms with Crippen LogP contribution in [0.5, 0.6) is 0 Å². The van der Waals surface area contributed by atoms with E-state index in [1.807, 2.05) is 0 Å². The Morgan fingerprint density at radius 2 is 2.09 bits per heavy atom. The highest BCUT2D eigenvalue weighted by molar-refractivity contribution is 6.60.